The van der Waals surface area contributed by atoms with Crippen molar-refractivity contribution in [2.24, 2.45) is 0 Å². The summed E-state index contributed by atoms with van der Waals surface area (Å²) in [6.07, 6.45) is 0.572. The number of hydrogen-bond acceptors (Lipinski definition) is 5. The largest absolute Gasteiger partial charge is 0.478 e. The lowest BCUT2D eigenvalue weighted by Crippen LogP contribution is -2.14. The molecule has 0 radical (unpaired) electrons. The molecule has 0 aliphatic carbocycles. The molecule has 2 aromatic rings. The van der Waals surface area contributed by atoms with Crippen molar-refractivity contribution in [1.82, 2.24) is 0 Å². The van der Waals surface area contributed by atoms with Crippen molar-refractivity contribution in [3.05, 3.63) is 38.4 Å². The maximum atomic E-state index is 12.0. The van der Waals surface area contributed by atoms with Crippen molar-refractivity contribution in [1.29, 1.82) is 0 Å². The summed E-state index contributed by atoms with van der Waals surface area (Å²) >= 11 is 2.60. The molecule has 3 heterocycles. The highest BCUT2D eigenvalue weighted by atomic mass is 32.1. The van der Waals surface area contributed by atoms with Crippen LogP contribution in [0.3, 0.4) is 0 Å². The standard InChI is InChI=1S/C13H11NO4S2/c15-11(8-2-1-5-19-8)14-12-10(13(16)17)7-3-4-18-6-9(7)20-12/h1-2,5H,3-4,6H2,(H,14,15)(H,16,17). The Bertz CT molecular complexity index is 660. The molecular formula is C13H11NO4S2. The second-order valence-electron chi connectivity index (χ2n) is 4.25. The fourth-order valence-electron chi connectivity index (χ4n) is 2.12. The number of rotatable bonds is 3. The smallest absolute Gasteiger partial charge is 0.339 e. The van der Waals surface area contributed by atoms with Crippen molar-refractivity contribution < 1.29 is 19.4 Å². The maximum Gasteiger partial charge on any atom is 0.339 e. The summed E-state index contributed by atoms with van der Waals surface area (Å²) in [5, 5.41) is 14.3. The van der Waals surface area contributed by atoms with E-state index in [-0.39, 0.29) is 11.5 Å². The maximum absolute atomic E-state index is 12.0. The van der Waals surface area contributed by atoms with Crippen LogP contribution in [0, 0.1) is 0 Å². The highest BCUT2D eigenvalue weighted by Crippen LogP contribution is 2.36. The Balaban J connectivity index is 1.95. The fraction of sp³-hybridized carbons (Fsp3) is 0.231. The highest BCUT2D eigenvalue weighted by Gasteiger charge is 2.26. The third kappa shape index (κ3) is 2.35. The molecule has 0 saturated carbocycles. The van der Waals surface area contributed by atoms with E-state index in [2.05, 4.69) is 5.32 Å². The van der Waals surface area contributed by atoms with E-state index in [1.807, 2.05) is 0 Å². The molecule has 1 aliphatic heterocycles. The Morgan fingerprint density at radius 2 is 2.25 bits per heavy atom. The molecule has 0 atom stereocenters. The highest BCUT2D eigenvalue weighted by molar-refractivity contribution is 7.17. The molecule has 2 N–H and O–H groups in total. The molecule has 0 fully saturated rings. The number of fused-ring (bicyclic) bond motifs is 1. The van der Waals surface area contributed by atoms with Gasteiger partial charge in [-0.15, -0.1) is 22.7 Å². The summed E-state index contributed by atoms with van der Waals surface area (Å²) in [5.74, 6) is -1.28. The van der Waals surface area contributed by atoms with E-state index < -0.39 is 5.97 Å². The zero-order valence-corrected chi connectivity index (χ0v) is 12.0. The van der Waals surface area contributed by atoms with Crippen molar-refractivity contribution in [3.8, 4) is 0 Å². The van der Waals surface area contributed by atoms with E-state index in [4.69, 9.17) is 4.74 Å². The van der Waals surface area contributed by atoms with Crippen LogP contribution in [-0.4, -0.2) is 23.6 Å². The lowest BCUT2D eigenvalue weighted by molar-refractivity contribution is 0.0693. The summed E-state index contributed by atoms with van der Waals surface area (Å²) < 4.78 is 5.33. The Morgan fingerprint density at radius 3 is 2.95 bits per heavy atom. The molecule has 1 aliphatic rings. The summed E-state index contributed by atoms with van der Waals surface area (Å²) in [6.45, 7) is 0.928. The van der Waals surface area contributed by atoms with Gasteiger partial charge < -0.3 is 15.2 Å². The molecule has 20 heavy (non-hydrogen) atoms. The normalized spacial score (nSPS) is 13.8. The Morgan fingerprint density at radius 1 is 1.40 bits per heavy atom. The number of hydrogen-bond donors (Lipinski definition) is 2. The van der Waals surface area contributed by atoms with Gasteiger partial charge >= 0.3 is 5.97 Å². The van der Waals surface area contributed by atoms with Gasteiger partial charge in [-0.3, -0.25) is 4.79 Å². The molecule has 5 nitrogen and oxygen atoms in total. The molecule has 0 aromatic carbocycles. The van der Waals surface area contributed by atoms with E-state index in [0.29, 0.717) is 29.5 Å². The van der Waals surface area contributed by atoms with Gasteiger partial charge in [0.25, 0.3) is 5.91 Å². The topological polar surface area (TPSA) is 75.6 Å². The van der Waals surface area contributed by atoms with Crippen molar-refractivity contribution in [3.63, 3.8) is 0 Å². The molecule has 1 amide bonds. The minimum atomic E-state index is -1.01. The molecule has 7 heteroatoms. The summed E-state index contributed by atoms with van der Waals surface area (Å²) in [5.41, 5.74) is 0.994. The predicted octanol–water partition coefficient (Wildman–Crippen LogP) is 2.83. The molecule has 104 valence electrons. The van der Waals surface area contributed by atoms with Crippen LogP contribution in [-0.2, 0) is 17.8 Å². The second-order valence-corrected chi connectivity index (χ2v) is 6.30. The van der Waals surface area contributed by atoms with E-state index >= 15 is 0 Å². The SMILES string of the molecule is O=C(Nc1sc2c(c1C(=O)O)CCOC2)c1cccs1. The van der Waals surface area contributed by atoms with Crippen LogP contribution in [0.1, 0.15) is 30.5 Å². The number of ether oxygens (including phenoxy) is 1. The Hall–Kier alpha value is -1.70. The van der Waals surface area contributed by atoms with Crippen molar-refractivity contribution >= 4 is 39.6 Å². The van der Waals surface area contributed by atoms with Crippen molar-refractivity contribution in [2.45, 2.75) is 13.0 Å². The van der Waals surface area contributed by atoms with Gasteiger partial charge in [0.05, 0.1) is 23.7 Å². The van der Waals surface area contributed by atoms with Gasteiger partial charge in [-0.2, -0.15) is 0 Å². The first kappa shape index (κ1) is 13.3. The molecule has 0 bridgehead atoms. The number of anilines is 1. The van der Waals surface area contributed by atoms with E-state index in [1.165, 1.54) is 22.7 Å². The van der Waals surface area contributed by atoms with Crippen LogP contribution in [0.2, 0.25) is 0 Å². The molecular weight excluding hydrogens is 298 g/mol. The van der Waals surface area contributed by atoms with Crippen LogP contribution in [0.25, 0.3) is 0 Å². The minimum Gasteiger partial charge on any atom is -0.478 e. The Labute approximate surface area is 122 Å². The quantitative estimate of drug-likeness (QED) is 0.914. The average Bonchev–Trinajstić information content (AvgIpc) is 3.05. The zero-order valence-electron chi connectivity index (χ0n) is 10.3. The number of aromatic carboxylic acids is 1. The van der Waals surface area contributed by atoms with Gasteiger partial charge in [-0.25, -0.2) is 4.79 Å². The molecule has 0 saturated heterocycles. The monoisotopic (exact) mass is 309 g/mol. The van der Waals surface area contributed by atoms with Crippen LogP contribution in [0.15, 0.2) is 17.5 Å². The molecule has 2 aromatic heterocycles. The van der Waals surface area contributed by atoms with E-state index in [1.54, 1.807) is 17.5 Å². The molecule has 3 rings (SSSR count). The zero-order chi connectivity index (χ0) is 14.1. The van der Waals surface area contributed by atoms with Gasteiger partial charge in [-0.1, -0.05) is 6.07 Å². The summed E-state index contributed by atoms with van der Waals surface area (Å²) in [4.78, 5) is 24.9. The van der Waals surface area contributed by atoms with Gasteiger partial charge in [0.15, 0.2) is 0 Å². The number of carboxylic acids is 1. The van der Waals surface area contributed by atoms with Crippen LogP contribution in [0.5, 0.6) is 0 Å². The average molecular weight is 309 g/mol. The van der Waals surface area contributed by atoms with Gasteiger partial charge in [0.2, 0.25) is 0 Å². The lowest BCUT2D eigenvalue weighted by Gasteiger charge is -2.11. The second kappa shape index (κ2) is 5.35. The Kier molecular flexibility index (Phi) is 3.56. The van der Waals surface area contributed by atoms with Gasteiger partial charge in [0.1, 0.15) is 5.00 Å². The number of nitrogens with one attached hydrogen (secondary N) is 1. The fourth-order valence-corrected chi connectivity index (χ4v) is 3.91. The predicted molar refractivity (Wildman–Crippen MR) is 76.9 cm³/mol. The van der Waals surface area contributed by atoms with Crippen LogP contribution >= 0.6 is 22.7 Å². The van der Waals surface area contributed by atoms with E-state index in [9.17, 15) is 14.7 Å². The lowest BCUT2D eigenvalue weighted by atomic mass is 10.1. The van der Waals surface area contributed by atoms with Crippen LogP contribution < -0.4 is 5.32 Å². The number of thiophene rings is 2. The third-order valence-electron chi connectivity index (χ3n) is 3.01. The summed E-state index contributed by atoms with van der Waals surface area (Å²) in [6, 6.07) is 3.49. The van der Waals surface area contributed by atoms with E-state index in [0.717, 1.165) is 10.4 Å². The van der Waals surface area contributed by atoms with Crippen molar-refractivity contribution in [2.75, 3.05) is 11.9 Å². The van der Waals surface area contributed by atoms with Gasteiger partial charge in [-0.05, 0) is 23.4 Å². The number of carbonyl (C=O) groups is 2. The molecule has 0 unspecified atom stereocenters. The first-order valence-electron chi connectivity index (χ1n) is 5.97. The number of amides is 1. The summed E-state index contributed by atoms with van der Waals surface area (Å²) in [7, 11) is 0. The third-order valence-corrected chi connectivity index (χ3v) is 5.00. The van der Waals surface area contributed by atoms with Crippen LogP contribution in [0.4, 0.5) is 5.00 Å². The van der Waals surface area contributed by atoms with Gasteiger partial charge in [0, 0.05) is 4.88 Å². The molecule has 0 spiro atoms. The number of carboxylic acid groups (broad SMARTS) is 1. The first-order chi connectivity index (χ1) is 9.66. The minimum absolute atomic E-state index is 0.207. The number of carbonyl (C=O) groups excluding carboxylic acids is 1. The first-order valence-corrected chi connectivity index (χ1v) is 7.67.